The van der Waals surface area contributed by atoms with Crippen molar-refractivity contribution in [3.8, 4) is 0 Å². The second-order valence-electron chi connectivity index (χ2n) is 7.07. The van der Waals surface area contributed by atoms with E-state index in [1.165, 1.54) is 0 Å². The molecule has 134 valence electrons. The molecule has 1 aliphatic heterocycles. The number of nitrogens with zero attached hydrogens (tertiary/aromatic N) is 2. The van der Waals surface area contributed by atoms with Gasteiger partial charge in [-0.3, -0.25) is 9.36 Å². The lowest BCUT2D eigenvalue weighted by Crippen LogP contribution is -2.35. The van der Waals surface area contributed by atoms with Crippen molar-refractivity contribution < 1.29 is 4.74 Å². The standard InChI is InChI=1S/C20H21N3O2S/c1-3-20(2)10-16-14(12-25-20)9-15-17(21-16)22-19(26)23(18(15)24)11-13-7-5-4-6-8-13/h4-9H,3,10-12H2,1-2H3,(H,21,22,26). The maximum atomic E-state index is 13.0. The zero-order valence-corrected chi connectivity index (χ0v) is 15.7. The van der Waals surface area contributed by atoms with E-state index >= 15 is 0 Å². The maximum absolute atomic E-state index is 13.0. The second-order valence-corrected chi connectivity index (χ2v) is 7.45. The van der Waals surface area contributed by atoms with Crippen molar-refractivity contribution in [3.05, 3.63) is 68.3 Å². The summed E-state index contributed by atoms with van der Waals surface area (Å²) in [5.74, 6) is 0. The maximum Gasteiger partial charge on any atom is 0.264 e. The van der Waals surface area contributed by atoms with Crippen LogP contribution in [0.4, 0.5) is 0 Å². The first-order valence-corrected chi connectivity index (χ1v) is 9.23. The van der Waals surface area contributed by atoms with E-state index in [0.717, 1.165) is 29.7 Å². The minimum absolute atomic E-state index is 0.119. The highest BCUT2D eigenvalue weighted by Crippen LogP contribution is 2.30. The van der Waals surface area contributed by atoms with Crippen LogP contribution in [0.5, 0.6) is 0 Å². The third kappa shape index (κ3) is 2.99. The van der Waals surface area contributed by atoms with E-state index < -0.39 is 0 Å². The molecule has 2 aromatic heterocycles. The largest absolute Gasteiger partial charge is 0.370 e. The average molecular weight is 367 g/mol. The van der Waals surface area contributed by atoms with Crippen molar-refractivity contribution in [3.63, 3.8) is 0 Å². The summed E-state index contributed by atoms with van der Waals surface area (Å²) >= 11 is 5.43. The Bertz CT molecular complexity index is 1090. The molecule has 0 amide bonds. The summed E-state index contributed by atoms with van der Waals surface area (Å²) in [6.07, 6.45) is 1.66. The van der Waals surface area contributed by atoms with E-state index in [9.17, 15) is 4.79 Å². The summed E-state index contributed by atoms with van der Waals surface area (Å²) in [7, 11) is 0. The molecule has 0 radical (unpaired) electrons. The zero-order valence-electron chi connectivity index (χ0n) is 14.9. The van der Waals surface area contributed by atoms with Crippen LogP contribution in [-0.4, -0.2) is 20.1 Å². The Morgan fingerprint density at radius 3 is 2.85 bits per heavy atom. The van der Waals surface area contributed by atoms with Crippen LogP contribution < -0.4 is 5.56 Å². The summed E-state index contributed by atoms with van der Waals surface area (Å²) in [4.78, 5) is 20.9. The molecule has 1 unspecified atom stereocenters. The van der Waals surface area contributed by atoms with Crippen LogP contribution >= 0.6 is 12.2 Å². The number of aromatic nitrogens is 3. The fraction of sp³-hybridized carbons (Fsp3) is 0.350. The van der Waals surface area contributed by atoms with Crippen LogP contribution in [0.25, 0.3) is 11.0 Å². The van der Waals surface area contributed by atoms with Gasteiger partial charge < -0.3 is 9.72 Å². The quantitative estimate of drug-likeness (QED) is 0.717. The van der Waals surface area contributed by atoms with Gasteiger partial charge in [-0.05, 0) is 37.2 Å². The van der Waals surface area contributed by atoms with Crippen molar-refractivity contribution in [2.45, 2.75) is 45.4 Å². The van der Waals surface area contributed by atoms with Crippen LogP contribution in [0.3, 0.4) is 0 Å². The molecule has 26 heavy (non-hydrogen) atoms. The van der Waals surface area contributed by atoms with Crippen molar-refractivity contribution in [2.75, 3.05) is 0 Å². The van der Waals surface area contributed by atoms with E-state index in [-0.39, 0.29) is 11.2 Å². The molecule has 1 aromatic carbocycles. The fourth-order valence-electron chi connectivity index (χ4n) is 3.33. The molecule has 0 spiro atoms. The van der Waals surface area contributed by atoms with E-state index in [2.05, 4.69) is 18.8 Å². The van der Waals surface area contributed by atoms with Gasteiger partial charge in [0.1, 0.15) is 5.65 Å². The van der Waals surface area contributed by atoms with Crippen molar-refractivity contribution in [2.24, 2.45) is 0 Å². The molecule has 6 heteroatoms. The molecule has 1 atom stereocenters. The highest BCUT2D eigenvalue weighted by atomic mass is 32.1. The van der Waals surface area contributed by atoms with Gasteiger partial charge in [0.2, 0.25) is 0 Å². The van der Waals surface area contributed by atoms with Gasteiger partial charge in [-0.2, -0.15) is 0 Å². The van der Waals surface area contributed by atoms with Gasteiger partial charge in [-0.25, -0.2) is 4.98 Å². The fourth-order valence-corrected chi connectivity index (χ4v) is 3.57. The van der Waals surface area contributed by atoms with E-state index in [4.69, 9.17) is 21.9 Å². The first kappa shape index (κ1) is 17.1. The average Bonchev–Trinajstić information content (AvgIpc) is 2.65. The lowest BCUT2D eigenvalue weighted by atomic mass is 9.91. The molecule has 1 aliphatic rings. The van der Waals surface area contributed by atoms with Crippen molar-refractivity contribution in [1.29, 1.82) is 0 Å². The molecular weight excluding hydrogens is 346 g/mol. The monoisotopic (exact) mass is 367 g/mol. The van der Waals surface area contributed by atoms with Crippen LogP contribution in [0.15, 0.2) is 41.2 Å². The number of rotatable bonds is 3. The van der Waals surface area contributed by atoms with Crippen LogP contribution in [0.1, 0.15) is 37.1 Å². The lowest BCUT2D eigenvalue weighted by Gasteiger charge is -2.33. The Labute approximate surface area is 156 Å². The molecule has 4 rings (SSSR count). The van der Waals surface area contributed by atoms with Gasteiger partial charge in [-0.1, -0.05) is 37.3 Å². The minimum Gasteiger partial charge on any atom is -0.370 e. The van der Waals surface area contributed by atoms with Crippen LogP contribution in [0, 0.1) is 4.77 Å². The van der Waals surface area contributed by atoms with Gasteiger partial charge in [0.15, 0.2) is 4.77 Å². The third-order valence-corrected chi connectivity index (χ3v) is 5.51. The van der Waals surface area contributed by atoms with Crippen LogP contribution in [0.2, 0.25) is 0 Å². The van der Waals surface area contributed by atoms with Crippen molar-refractivity contribution in [1.82, 2.24) is 14.5 Å². The number of nitrogens with one attached hydrogen (secondary N) is 1. The number of fused-ring (bicyclic) bond motifs is 2. The number of hydrogen-bond acceptors (Lipinski definition) is 4. The Hall–Kier alpha value is -2.31. The topological polar surface area (TPSA) is 59.9 Å². The summed E-state index contributed by atoms with van der Waals surface area (Å²) < 4.78 is 7.98. The summed E-state index contributed by atoms with van der Waals surface area (Å²) in [6.45, 7) is 5.13. The molecule has 0 fully saturated rings. The third-order valence-electron chi connectivity index (χ3n) is 5.19. The summed E-state index contributed by atoms with van der Waals surface area (Å²) in [5.41, 5.74) is 3.24. The molecule has 0 aliphatic carbocycles. The van der Waals surface area contributed by atoms with E-state index in [1.807, 2.05) is 36.4 Å². The Morgan fingerprint density at radius 1 is 1.35 bits per heavy atom. The number of pyridine rings is 1. The Balaban J connectivity index is 1.83. The van der Waals surface area contributed by atoms with Gasteiger partial charge in [0, 0.05) is 12.0 Å². The predicted molar refractivity (Wildman–Crippen MR) is 104 cm³/mol. The number of ether oxygens (including phenoxy) is 1. The molecule has 5 nitrogen and oxygen atoms in total. The number of aromatic amines is 1. The SMILES string of the molecule is CCC1(C)Cc2nc3[nH]c(=S)n(Cc4ccccc4)c(=O)c3cc2CO1. The molecule has 3 heterocycles. The molecule has 0 saturated heterocycles. The lowest BCUT2D eigenvalue weighted by molar-refractivity contribution is -0.0573. The minimum atomic E-state index is -0.202. The van der Waals surface area contributed by atoms with Gasteiger partial charge in [0.25, 0.3) is 5.56 Å². The molecular formula is C20H21N3O2S. The highest BCUT2D eigenvalue weighted by Gasteiger charge is 2.30. The second kappa shape index (κ2) is 6.45. The van der Waals surface area contributed by atoms with Crippen molar-refractivity contribution >= 4 is 23.3 Å². The first-order valence-electron chi connectivity index (χ1n) is 8.82. The molecule has 0 bridgehead atoms. The van der Waals surface area contributed by atoms with E-state index in [0.29, 0.717) is 29.0 Å². The number of hydrogen-bond donors (Lipinski definition) is 1. The highest BCUT2D eigenvalue weighted by molar-refractivity contribution is 7.71. The van der Waals surface area contributed by atoms with Gasteiger partial charge in [-0.15, -0.1) is 0 Å². The first-order chi connectivity index (χ1) is 12.5. The molecule has 3 aromatic rings. The Morgan fingerprint density at radius 2 is 2.12 bits per heavy atom. The smallest absolute Gasteiger partial charge is 0.264 e. The Kier molecular flexibility index (Phi) is 4.25. The van der Waals surface area contributed by atoms with Gasteiger partial charge in [0.05, 0.1) is 29.8 Å². The summed E-state index contributed by atoms with van der Waals surface area (Å²) in [5, 5.41) is 0.553. The number of benzene rings is 1. The normalized spacial score (nSPS) is 19.5. The summed E-state index contributed by atoms with van der Waals surface area (Å²) in [6, 6.07) is 11.7. The zero-order chi connectivity index (χ0) is 18.3. The predicted octanol–water partition coefficient (Wildman–Crippen LogP) is 3.74. The van der Waals surface area contributed by atoms with E-state index in [1.54, 1.807) is 4.57 Å². The van der Waals surface area contributed by atoms with Gasteiger partial charge >= 0.3 is 0 Å². The molecule has 0 saturated carbocycles. The van der Waals surface area contributed by atoms with Crippen LogP contribution in [-0.2, 0) is 24.3 Å². The molecule has 1 N–H and O–H groups in total. The number of H-pyrrole nitrogens is 1.